The van der Waals surface area contributed by atoms with Crippen molar-refractivity contribution in [1.82, 2.24) is 0 Å². The van der Waals surface area contributed by atoms with Crippen LogP contribution in [-0.2, 0) is 14.6 Å². The summed E-state index contributed by atoms with van der Waals surface area (Å²) in [5.41, 5.74) is -5.50. The number of nitrogens with one attached hydrogen (secondary N) is 1. The maximum Gasteiger partial charge on any atom is 0.501 e. The summed E-state index contributed by atoms with van der Waals surface area (Å²) in [6.07, 6.45) is 2.32. The van der Waals surface area contributed by atoms with Gasteiger partial charge in [-0.2, -0.15) is 13.2 Å². The molecule has 0 aliphatic heterocycles. The maximum atomic E-state index is 12.6. The van der Waals surface area contributed by atoms with Gasteiger partial charge < -0.3 is 10.1 Å². The molecule has 0 aromatic heterocycles. The number of amides is 1. The van der Waals surface area contributed by atoms with Gasteiger partial charge in [-0.15, -0.1) is 0 Å². The molecule has 22 heavy (non-hydrogen) atoms. The van der Waals surface area contributed by atoms with Gasteiger partial charge in [0.05, 0.1) is 17.7 Å². The molecule has 0 atom stereocenters. The molecule has 1 aromatic rings. The molecule has 9 heteroatoms. The Bertz CT molecular complexity index is 681. The second-order valence-corrected chi connectivity index (χ2v) is 6.87. The number of carbonyl (C=O) groups excluding carboxylic acids is 1. The van der Waals surface area contributed by atoms with E-state index in [1.165, 1.54) is 7.11 Å². The third-order valence-electron chi connectivity index (χ3n) is 3.52. The highest BCUT2D eigenvalue weighted by Gasteiger charge is 2.47. The standard InChI is InChI=1S/C13H14F3NO4S/c1-21-11-6-5-9(22(19,20)13(14,15)16)7-10(11)17-12(18)8-3-2-4-8/h5-8H,2-4H2,1H3,(H,17,18). The number of rotatable bonds is 4. The van der Waals surface area contributed by atoms with Gasteiger partial charge in [-0.25, -0.2) is 8.42 Å². The minimum Gasteiger partial charge on any atom is -0.495 e. The van der Waals surface area contributed by atoms with E-state index in [0.717, 1.165) is 24.6 Å². The number of ether oxygens (including phenoxy) is 1. The van der Waals surface area contributed by atoms with Gasteiger partial charge in [-0.1, -0.05) is 6.42 Å². The molecule has 1 amide bonds. The Balaban J connectivity index is 2.36. The Morgan fingerprint density at radius 1 is 1.32 bits per heavy atom. The van der Waals surface area contributed by atoms with E-state index in [2.05, 4.69) is 5.32 Å². The third kappa shape index (κ3) is 3.03. The Hall–Kier alpha value is -1.77. The van der Waals surface area contributed by atoms with Crippen LogP contribution in [0.5, 0.6) is 5.75 Å². The lowest BCUT2D eigenvalue weighted by molar-refractivity contribution is -0.122. The van der Waals surface area contributed by atoms with Crippen LogP contribution in [0.3, 0.4) is 0 Å². The van der Waals surface area contributed by atoms with Crippen molar-refractivity contribution in [2.45, 2.75) is 29.7 Å². The molecule has 1 aliphatic carbocycles. The summed E-state index contributed by atoms with van der Waals surface area (Å²) in [4.78, 5) is 10.9. The van der Waals surface area contributed by atoms with E-state index in [0.29, 0.717) is 12.8 Å². The molecular formula is C13H14F3NO4S. The van der Waals surface area contributed by atoms with Crippen LogP contribution in [0.2, 0.25) is 0 Å². The van der Waals surface area contributed by atoms with Gasteiger partial charge in [0.25, 0.3) is 9.84 Å². The molecular weight excluding hydrogens is 323 g/mol. The summed E-state index contributed by atoms with van der Waals surface area (Å²) in [6, 6.07) is 2.63. The zero-order valence-corrected chi connectivity index (χ0v) is 12.4. The summed E-state index contributed by atoms with van der Waals surface area (Å²) >= 11 is 0. The molecule has 5 nitrogen and oxygen atoms in total. The van der Waals surface area contributed by atoms with Crippen molar-refractivity contribution in [3.63, 3.8) is 0 Å². The molecule has 0 heterocycles. The Kier molecular flexibility index (Phi) is 4.37. The van der Waals surface area contributed by atoms with Gasteiger partial charge in [0.2, 0.25) is 5.91 Å². The van der Waals surface area contributed by atoms with Gasteiger partial charge in [-0.3, -0.25) is 4.79 Å². The summed E-state index contributed by atoms with van der Waals surface area (Å²) in [5, 5.41) is 2.43. The monoisotopic (exact) mass is 337 g/mol. The number of alkyl halides is 3. The number of halogens is 3. The minimum atomic E-state index is -5.48. The summed E-state index contributed by atoms with van der Waals surface area (Å²) in [7, 11) is -4.21. The van der Waals surface area contributed by atoms with Crippen molar-refractivity contribution in [2.75, 3.05) is 12.4 Å². The van der Waals surface area contributed by atoms with Crippen molar-refractivity contribution < 1.29 is 31.1 Å². The van der Waals surface area contributed by atoms with Crippen LogP contribution in [0.15, 0.2) is 23.1 Å². The average molecular weight is 337 g/mol. The normalized spacial score (nSPS) is 16.0. The number of carbonyl (C=O) groups is 1. The minimum absolute atomic E-state index is 0.0915. The highest BCUT2D eigenvalue weighted by molar-refractivity contribution is 7.92. The van der Waals surface area contributed by atoms with Gasteiger partial charge in [-0.05, 0) is 31.0 Å². The fraction of sp³-hybridized carbons (Fsp3) is 0.462. The van der Waals surface area contributed by atoms with Crippen LogP contribution < -0.4 is 10.1 Å². The number of methoxy groups -OCH3 is 1. The highest BCUT2D eigenvalue weighted by atomic mass is 32.2. The van der Waals surface area contributed by atoms with E-state index in [1.54, 1.807) is 0 Å². The highest BCUT2D eigenvalue weighted by Crippen LogP contribution is 2.35. The Morgan fingerprint density at radius 2 is 1.95 bits per heavy atom. The second kappa shape index (κ2) is 5.79. The maximum absolute atomic E-state index is 12.6. The predicted molar refractivity (Wildman–Crippen MR) is 72.2 cm³/mol. The van der Waals surface area contributed by atoms with Gasteiger partial charge in [0, 0.05) is 5.92 Å². The lowest BCUT2D eigenvalue weighted by atomic mass is 9.85. The molecule has 0 unspecified atom stereocenters. The predicted octanol–water partition coefficient (Wildman–Crippen LogP) is 2.73. The van der Waals surface area contributed by atoms with Crippen molar-refractivity contribution in [3.05, 3.63) is 18.2 Å². The molecule has 2 rings (SSSR count). The molecule has 122 valence electrons. The van der Waals surface area contributed by atoms with E-state index in [4.69, 9.17) is 4.74 Å². The first-order chi connectivity index (χ1) is 10.2. The molecule has 1 saturated carbocycles. The average Bonchev–Trinajstić information content (AvgIpc) is 2.35. The number of benzene rings is 1. The number of anilines is 1. The quantitative estimate of drug-likeness (QED) is 0.917. The van der Waals surface area contributed by atoms with Crippen LogP contribution in [0.4, 0.5) is 18.9 Å². The molecule has 0 bridgehead atoms. The summed E-state index contributed by atoms with van der Waals surface area (Å²) < 4.78 is 65.5. The van der Waals surface area contributed by atoms with Gasteiger partial charge in [0.1, 0.15) is 5.75 Å². The number of hydrogen-bond donors (Lipinski definition) is 1. The SMILES string of the molecule is COc1ccc(S(=O)(=O)C(F)(F)F)cc1NC(=O)C1CCC1. The first kappa shape index (κ1) is 16.6. The Morgan fingerprint density at radius 3 is 2.41 bits per heavy atom. The topological polar surface area (TPSA) is 72.5 Å². The molecule has 1 fully saturated rings. The van der Waals surface area contributed by atoms with Crippen LogP contribution >= 0.6 is 0 Å². The third-order valence-corrected chi connectivity index (χ3v) is 5.00. The zero-order chi connectivity index (χ0) is 16.5. The van der Waals surface area contributed by atoms with Crippen molar-refractivity contribution in [1.29, 1.82) is 0 Å². The van der Waals surface area contributed by atoms with Gasteiger partial charge >= 0.3 is 5.51 Å². The number of hydrogen-bond acceptors (Lipinski definition) is 4. The van der Waals surface area contributed by atoms with Gasteiger partial charge in [0.15, 0.2) is 0 Å². The number of sulfone groups is 1. The van der Waals surface area contributed by atoms with E-state index in [-0.39, 0.29) is 23.3 Å². The first-order valence-electron chi connectivity index (χ1n) is 6.47. The van der Waals surface area contributed by atoms with Crippen LogP contribution in [0, 0.1) is 5.92 Å². The first-order valence-corrected chi connectivity index (χ1v) is 7.95. The fourth-order valence-electron chi connectivity index (χ4n) is 1.99. The Labute approximate surface area is 125 Å². The molecule has 1 aliphatic rings. The van der Waals surface area contributed by atoms with Crippen molar-refractivity contribution >= 4 is 21.4 Å². The van der Waals surface area contributed by atoms with Crippen molar-refractivity contribution in [3.8, 4) is 5.75 Å². The molecule has 0 radical (unpaired) electrons. The molecule has 1 aromatic carbocycles. The van der Waals surface area contributed by atoms with Crippen LogP contribution in [0.1, 0.15) is 19.3 Å². The lowest BCUT2D eigenvalue weighted by Gasteiger charge is -2.24. The molecule has 0 spiro atoms. The van der Waals surface area contributed by atoms with Crippen LogP contribution in [-0.4, -0.2) is 26.9 Å². The van der Waals surface area contributed by atoms with E-state index >= 15 is 0 Å². The fourth-order valence-corrected chi connectivity index (χ4v) is 2.78. The smallest absolute Gasteiger partial charge is 0.495 e. The summed E-state index contributed by atoms with van der Waals surface area (Å²) in [6.45, 7) is 0. The lowest BCUT2D eigenvalue weighted by Crippen LogP contribution is -2.28. The van der Waals surface area contributed by atoms with E-state index in [9.17, 15) is 26.4 Å². The summed E-state index contributed by atoms with van der Waals surface area (Å²) in [5.74, 6) is -0.465. The molecule has 0 saturated heterocycles. The van der Waals surface area contributed by atoms with E-state index < -0.39 is 20.2 Å². The van der Waals surface area contributed by atoms with Crippen molar-refractivity contribution in [2.24, 2.45) is 5.92 Å². The van der Waals surface area contributed by atoms with Crippen LogP contribution in [0.25, 0.3) is 0 Å². The zero-order valence-electron chi connectivity index (χ0n) is 11.6. The van der Waals surface area contributed by atoms with E-state index in [1.807, 2.05) is 0 Å². The largest absolute Gasteiger partial charge is 0.501 e. The molecule has 1 N–H and O–H groups in total. The second-order valence-electron chi connectivity index (χ2n) is 4.93.